The second-order valence-corrected chi connectivity index (χ2v) is 3.85. The summed E-state index contributed by atoms with van der Waals surface area (Å²) in [6.07, 6.45) is 2.65. The smallest absolute Gasteiger partial charge is 0.121 e. The van der Waals surface area contributed by atoms with Crippen LogP contribution in [0.5, 0.6) is 0 Å². The van der Waals surface area contributed by atoms with Gasteiger partial charge in [0, 0.05) is 24.4 Å². The molecule has 0 radical (unpaired) electrons. The van der Waals surface area contributed by atoms with Crippen molar-refractivity contribution in [1.82, 2.24) is 4.98 Å². The molecule has 0 bridgehead atoms. The van der Waals surface area contributed by atoms with Crippen LogP contribution < -0.4 is 5.73 Å². The lowest BCUT2D eigenvalue weighted by Crippen LogP contribution is -2.43. The molecular formula is C10H15FN2. The van der Waals surface area contributed by atoms with E-state index >= 15 is 0 Å². The zero-order chi connectivity index (χ0) is 9.90. The molecule has 1 rings (SSSR count). The van der Waals surface area contributed by atoms with Crippen LogP contribution in [0.15, 0.2) is 24.5 Å². The molecule has 0 fully saturated rings. The Balaban J connectivity index is 2.61. The van der Waals surface area contributed by atoms with E-state index in [-0.39, 0.29) is 0 Å². The molecule has 0 spiro atoms. The molecule has 0 aliphatic carbocycles. The van der Waals surface area contributed by atoms with E-state index in [0.29, 0.717) is 6.42 Å². The summed E-state index contributed by atoms with van der Waals surface area (Å²) in [5.41, 5.74) is 5.79. The van der Waals surface area contributed by atoms with Crippen molar-refractivity contribution in [3.05, 3.63) is 30.1 Å². The summed E-state index contributed by atoms with van der Waals surface area (Å²) < 4.78 is 13.5. The van der Waals surface area contributed by atoms with Crippen LogP contribution in [0.4, 0.5) is 4.39 Å². The molecule has 0 aromatic carbocycles. The summed E-state index contributed by atoms with van der Waals surface area (Å²) >= 11 is 0. The number of hydrogen-bond acceptors (Lipinski definition) is 2. The van der Waals surface area contributed by atoms with Crippen LogP contribution in [0.3, 0.4) is 0 Å². The fourth-order valence-corrected chi connectivity index (χ4v) is 0.989. The predicted molar refractivity (Wildman–Crippen MR) is 51.1 cm³/mol. The van der Waals surface area contributed by atoms with Gasteiger partial charge in [0.05, 0.1) is 0 Å². The van der Waals surface area contributed by atoms with Crippen molar-refractivity contribution in [2.45, 2.75) is 32.0 Å². The Morgan fingerprint density at radius 2 is 2.00 bits per heavy atom. The monoisotopic (exact) mass is 182 g/mol. The van der Waals surface area contributed by atoms with Crippen molar-refractivity contribution < 1.29 is 4.39 Å². The molecule has 3 heteroatoms. The predicted octanol–water partition coefficient (Wildman–Crippen LogP) is 1.70. The Kier molecular flexibility index (Phi) is 2.98. The molecule has 1 heterocycles. The fourth-order valence-electron chi connectivity index (χ4n) is 0.989. The molecule has 1 aromatic rings. The third kappa shape index (κ3) is 3.11. The average Bonchev–Trinajstić information content (AvgIpc) is 2.04. The lowest BCUT2D eigenvalue weighted by atomic mass is 9.95. The minimum Gasteiger partial charge on any atom is -0.323 e. The lowest BCUT2D eigenvalue weighted by molar-refractivity contribution is 0.218. The molecule has 0 aliphatic rings. The quantitative estimate of drug-likeness (QED) is 0.772. The standard InChI is InChI=1S/C10H15FN2/c1-10(2,12)9(11)7-8-3-5-13-6-4-8/h3-6,9H,7,12H2,1-2H3. The van der Waals surface area contributed by atoms with Gasteiger partial charge in [-0.25, -0.2) is 4.39 Å². The Bertz CT molecular complexity index is 253. The molecule has 2 nitrogen and oxygen atoms in total. The van der Waals surface area contributed by atoms with E-state index < -0.39 is 11.7 Å². The van der Waals surface area contributed by atoms with Gasteiger partial charge in [0.2, 0.25) is 0 Å². The molecular weight excluding hydrogens is 167 g/mol. The Hall–Kier alpha value is -0.960. The largest absolute Gasteiger partial charge is 0.323 e. The highest BCUT2D eigenvalue weighted by atomic mass is 19.1. The van der Waals surface area contributed by atoms with Gasteiger partial charge in [-0.1, -0.05) is 0 Å². The minimum atomic E-state index is -1.02. The average molecular weight is 182 g/mol. The van der Waals surface area contributed by atoms with E-state index in [1.165, 1.54) is 0 Å². The van der Waals surface area contributed by atoms with E-state index in [9.17, 15) is 4.39 Å². The van der Waals surface area contributed by atoms with Crippen molar-refractivity contribution in [2.24, 2.45) is 5.73 Å². The van der Waals surface area contributed by atoms with Crippen molar-refractivity contribution in [2.75, 3.05) is 0 Å². The summed E-state index contributed by atoms with van der Waals surface area (Å²) in [6.45, 7) is 3.39. The molecule has 13 heavy (non-hydrogen) atoms. The third-order valence-corrected chi connectivity index (χ3v) is 1.97. The number of nitrogens with zero attached hydrogens (tertiary/aromatic N) is 1. The van der Waals surface area contributed by atoms with Gasteiger partial charge in [0.1, 0.15) is 6.17 Å². The first kappa shape index (κ1) is 10.1. The summed E-state index contributed by atoms with van der Waals surface area (Å²) in [7, 11) is 0. The van der Waals surface area contributed by atoms with Crippen molar-refractivity contribution >= 4 is 0 Å². The molecule has 0 saturated heterocycles. The van der Waals surface area contributed by atoms with Crippen LogP contribution in [0.1, 0.15) is 19.4 Å². The van der Waals surface area contributed by atoms with Crippen LogP contribution in [0.25, 0.3) is 0 Å². The van der Waals surface area contributed by atoms with Gasteiger partial charge in [-0.3, -0.25) is 4.98 Å². The molecule has 0 saturated carbocycles. The van der Waals surface area contributed by atoms with E-state index in [0.717, 1.165) is 5.56 Å². The Morgan fingerprint density at radius 1 is 1.46 bits per heavy atom. The summed E-state index contributed by atoms with van der Waals surface area (Å²) in [5.74, 6) is 0. The molecule has 1 atom stereocenters. The fraction of sp³-hybridized carbons (Fsp3) is 0.500. The molecule has 1 aromatic heterocycles. The highest BCUT2D eigenvalue weighted by Crippen LogP contribution is 2.14. The number of pyridine rings is 1. The maximum absolute atomic E-state index is 13.5. The lowest BCUT2D eigenvalue weighted by Gasteiger charge is -2.23. The maximum atomic E-state index is 13.5. The Labute approximate surface area is 78.0 Å². The number of hydrogen-bond donors (Lipinski definition) is 1. The normalized spacial score (nSPS) is 14.2. The number of nitrogens with two attached hydrogens (primary N) is 1. The molecule has 2 N–H and O–H groups in total. The molecule has 0 aliphatic heterocycles. The Morgan fingerprint density at radius 3 is 2.46 bits per heavy atom. The zero-order valence-corrected chi connectivity index (χ0v) is 8.00. The zero-order valence-electron chi connectivity index (χ0n) is 8.00. The van der Waals surface area contributed by atoms with Crippen molar-refractivity contribution in [1.29, 1.82) is 0 Å². The summed E-state index contributed by atoms with van der Waals surface area (Å²) in [4.78, 5) is 3.86. The first-order chi connectivity index (χ1) is 6.00. The van der Waals surface area contributed by atoms with Gasteiger partial charge in [0.15, 0.2) is 0 Å². The molecule has 0 amide bonds. The molecule has 1 unspecified atom stereocenters. The van der Waals surface area contributed by atoms with Gasteiger partial charge in [-0.15, -0.1) is 0 Å². The molecule has 72 valence electrons. The van der Waals surface area contributed by atoms with Gasteiger partial charge in [-0.05, 0) is 31.5 Å². The van der Waals surface area contributed by atoms with Crippen molar-refractivity contribution in [3.8, 4) is 0 Å². The van der Waals surface area contributed by atoms with E-state index in [1.807, 2.05) is 0 Å². The number of alkyl halides is 1. The van der Waals surface area contributed by atoms with Crippen LogP contribution in [-0.2, 0) is 6.42 Å². The maximum Gasteiger partial charge on any atom is 0.121 e. The van der Waals surface area contributed by atoms with Gasteiger partial charge in [-0.2, -0.15) is 0 Å². The topological polar surface area (TPSA) is 38.9 Å². The highest BCUT2D eigenvalue weighted by molar-refractivity contribution is 5.12. The van der Waals surface area contributed by atoms with E-state index in [1.54, 1.807) is 38.4 Å². The summed E-state index contributed by atoms with van der Waals surface area (Å²) in [5, 5.41) is 0. The highest BCUT2D eigenvalue weighted by Gasteiger charge is 2.24. The first-order valence-corrected chi connectivity index (χ1v) is 4.32. The van der Waals surface area contributed by atoms with Crippen molar-refractivity contribution in [3.63, 3.8) is 0 Å². The number of halogens is 1. The second-order valence-electron chi connectivity index (χ2n) is 3.85. The van der Waals surface area contributed by atoms with Crippen LogP contribution in [-0.4, -0.2) is 16.7 Å². The van der Waals surface area contributed by atoms with Crippen LogP contribution >= 0.6 is 0 Å². The van der Waals surface area contributed by atoms with Gasteiger partial charge < -0.3 is 5.73 Å². The third-order valence-electron chi connectivity index (χ3n) is 1.97. The number of rotatable bonds is 3. The van der Waals surface area contributed by atoms with Crippen LogP contribution in [0.2, 0.25) is 0 Å². The second kappa shape index (κ2) is 3.83. The first-order valence-electron chi connectivity index (χ1n) is 4.32. The van der Waals surface area contributed by atoms with Crippen LogP contribution in [0, 0.1) is 0 Å². The minimum absolute atomic E-state index is 0.353. The van der Waals surface area contributed by atoms with Gasteiger partial charge in [0.25, 0.3) is 0 Å². The number of aromatic nitrogens is 1. The summed E-state index contributed by atoms with van der Waals surface area (Å²) in [6, 6.07) is 3.61. The van der Waals surface area contributed by atoms with E-state index in [2.05, 4.69) is 4.98 Å². The van der Waals surface area contributed by atoms with Gasteiger partial charge >= 0.3 is 0 Å². The SMILES string of the molecule is CC(C)(N)C(F)Cc1ccncc1. The van der Waals surface area contributed by atoms with E-state index in [4.69, 9.17) is 5.73 Å².